The Morgan fingerprint density at radius 1 is 1.33 bits per heavy atom. The topological polar surface area (TPSA) is 62.3 Å². The van der Waals surface area contributed by atoms with Gasteiger partial charge in [0.1, 0.15) is 10.7 Å². The largest absolute Gasteiger partial charge is 0.313 e. The number of aromatic nitrogens is 1. The first-order valence-electron chi connectivity index (χ1n) is 7.07. The molecule has 1 saturated heterocycles. The minimum Gasteiger partial charge on any atom is -0.313 e. The summed E-state index contributed by atoms with van der Waals surface area (Å²) < 4.78 is 40.5. The van der Waals surface area contributed by atoms with E-state index in [0.29, 0.717) is 19.6 Å². The second kappa shape index (κ2) is 7.76. The first-order valence-corrected chi connectivity index (χ1v) is 8.89. The van der Waals surface area contributed by atoms with Gasteiger partial charge in [0.25, 0.3) is 0 Å². The molecule has 0 bridgehead atoms. The van der Waals surface area contributed by atoms with Crippen molar-refractivity contribution in [3.8, 4) is 0 Å². The minimum absolute atomic E-state index is 0. The molecule has 1 aromatic carbocycles. The van der Waals surface area contributed by atoms with E-state index in [-0.39, 0.29) is 28.4 Å². The Labute approximate surface area is 151 Å². The summed E-state index contributed by atoms with van der Waals surface area (Å²) in [6, 6.07) is 6.52. The van der Waals surface area contributed by atoms with Gasteiger partial charge in [-0.3, -0.25) is 4.98 Å². The summed E-state index contributed by atoms with van der Waals surface area (Å²) in [4.78, 5) is 3.97. The molecule has 1 N–H and O–H groups in total. The summed E-state index contributed by atoms with van der Waals surface area (Å²) in [6.07, 6.45) is 3.28. The van der Waals surface area contributed by atoms with E-state index in [0.717, 1.165) is 17.7 Å². The Kier molecular flexibility index (Phi) is 6.17. The molecular formula is C15H16Cl2FN3O2S. The van der Waals surface area contributed by atoms with Gasteiger partial charge in [-0.05, 0) is 29.8 Å². The molecule has 1 unspecified atom stereocenters. The van der Waals surface area contributed by atoms with Crippen molar-refractivity contribution >= 4 is 34.0 Å². The van der Waals surface area contributed by atoms with Crippen molar-refractivity contribution < 1.29 is 12.8 Å². The van der Waals surface area contributed by atoms with Crippen LogP contribution in [0.5, 0.6) is 0 Å². The molecule has 9 heteroatoms. The van der Waals surface area contributed by atoms with E-state index in [4.69, 9.17) is 11.6 Å². The van der Waals surface area contributed by atoms with Crippen molar-refractivity contribution in [3.05, 3.63) is 59.1 Å². The molecule has 1 atom stereocenters. The van der Waals surface area contributed by atoms with E-state index in [1.807, 2.05) is 6.07 Å². The third kappa shape index (κ3) is 3.70. The van der Waals surface area contributed by atoms with Crippen molar-refractivity contribution in [1.82, 2.24) is 14.6 Å². The van der Waals surface area contributed by atoms with Crippen LogP contribution in [-0.2, 0) is 10.0 Å². The van der Waals surface area contributed by atoms with Gasteiger partial charge in [-0.2, -0.15) is 4.31 Å². The van der Waals surface area contributed by atoms with Gasteiger partial charge in [-0.25, -0.2) is 12.8 Å². The molecule has 1 aromatic heterocycles. The number of benzene rings is 1. The highest BCUT2D eigenvalue weighted by atomic mass is 35.5. The summed E-state index contributed by atoms with van der Waals surface area (Å²) in [5.41, 5.74) is 0.793. The van der Waals surface area contributed by atoms with Crippen LogP contribution in [-0.4, -0.2) is 37.3 Å². The van der Waals surface area contributed by atoms with Crippen LogP contribution in [0.4, 0.5) is 4.39 Å². The third-order valence-electron chi connectivity index (χ3n) is 3.74. The molecule has 1 fully saturated rings. The van der Waals surface area contributed by atoms with E-state index >= 15 is 0 Å². The molecule has 1 aliphatic heterocycles. The fourth-order valence-corrected chi connectivity index (χ4v) is 4.76. The molecule has 0 aliphatic carbocycles. The van der Waals surface area contributed by atoms with Crippen LogP contribution < -0.4 is 5.32 Å². The standard InChI is InChI=1S/C15H15ClFN3O2S.ClH/c16-13-8-12(17)3-4-15(13)23(21,22)20-7-6-19-10-14(20)11-2-1-5-18-9-11;/h1-5,8-9,14,19H,6-7,10H2;1H. The summed E-state index contributed by atoms with van der Waals surface area (Å²) >= 11 is 5.95. The number of pyridine rings is 1. The maximum absolute atomic E-state index is 13.2. The zero-order chi connectivity index (χ0) is 16.4. The predicted octanol–water partition coefficient (Wildman–Crippen LogP) is 2.63. The van der Waals surface area contributed by atoms with Crippen molar-refractivity contribution in [3.63, 3.8) is 0 Å². The SMILES string of the molecule is Cl.O=S(=O)(c1ccc(F)cc1Cl)N1CCNCC1c1cccnc1. The lowest BCUT2D eigenvalue weighted by molar-refractivity contribution is 0.271. The maximum atomic E-state index is 13.2. The Morgan fingerprint density at radius 2 is 2.12 bits per heavy atom. The molecule has 2 heterocycles. The number of sulfonamides is 1. The lowest BCUT2D eigenvalue weighted by Crippen LogP contribution is -2.48. The second-order valence-electron chi connectivity index (χ2n) is 5.20. The molecule has 130 valence electrons. The van der Waals surface area contributed by atoms with Crippen LogP contribution in [0.1, 0.15) is 11.6 Å². The fourth-order valence-electron chi connectivity index (χ4n) is 2.64. The molecule has 3 rings (SSSR count). The average molecular weight is 392 g/mol. The Hall–Kier alpha value is -1.25. The Bertz CT molecular complexity index is 806. The molecular weight excluding hydrogens is 376 g/mol. The molecule has 5 nitrogen and oxygen atoms in total. The van der Waals surface area contributed by atoms with Crippen LogP contribution >= 0.6 is 24.0 Å². The highest BCUT2D eigenvalue weighted by Crippen LogP contribution is 2.32. The number of hydrogen-bond acceptors (Lipinski definition) is 4. The van der Waals surface area contributed by atoms with E-state index in [1.165, 1.54) is 10.4 Å². The van der Waals surface area contributed by atoms with E-state index in [9.17, 15) is 12.8 Å². The number of rotatable bonds is 3. The highest BCUT2D eigenvalue weighted by molar-refractivity contribution is 7.89. The van der Waals surface area contributed by atoms with Gasteiger partial charge in [0.05, 0.1) is 11.1 Å². The average Bonchev–Trinajstić information content (AvgIpc) is 2.55. The number of halogens is 3. The first kappa shape index (κ1) is 19.1. The first-order chi connectivity index (χ1) is 11.0. The molecule has 1 aliphatic rings. The molecule has 2 aromatic rings. The van der Waals surface area contributed by atoms with Gasteiger partial charge in [-0.15, -0.1) is 12.4 Å². The van der Waals surface area contributed by atoms with Crippen molar-refractivity contribution in [2.75, 3.05) is 19.6 Å². The number of nitrogens with zero attached hydrogens (tertiary/aromatic N) is 2. The van der Waals surface area contributed by atoms with E-state index in [2.05, 4.69) is 10.3 Å². The van der Waals surface area contributed by atoms with Crippen molar-refractivity contribution in [2.45, 2.75) is 10.9 Å². The molecule has 0 spiro atoms. The number of piperazine rings is 1. The third-order valence-corrected chi connectivity index (χ3v) is 6.14. The van der Waals surface area contributed by atoms with Gasteiger partial charge in [-0.1, -0.05) is 17.7 Å². The zero-order valence-corrected chi connectivity index (χ0v) is 14.9. The van der Waals surface area contributed by atoms with Gasteiger partial charge in [0, 0.05) is 32.0 Å². The van der Waals surface area contributed by atoms with Gasteiger partial charge < -0.3 is 5.32 Å². The Morgan fingerprint density at radius 3 is 2.79 bits per heavy atom. The predicted molar refractivity (Wildman–Crippen MR) is 92.4 cm³/mol. The van der Waals surface area contributed by atoms with Gasteiger partial charge in [0.2, 0.25) is 10.0 Å². The number of hydrogen-bond donors (Lipinski definition) is 1. The van der Waals surface area contributed by atoms with Crippen LogP contribution in [0.2, 0.25) is 5.02 Å². The van der Waals surface area contributed by atoms with Crippen LogP contribution in [0, 0.1) is 5.82 Å². The number of nitrogens with one attached hydrogen (secondary N) is 1. The van der Waals surface area contributed by atoms with Crippen LogP contribution in [0.15, 0.2) is 47.6 Å². The summed E-state index contributed by atoms with van der Waals surface area (Å²) in [5, 5.41) is 3.07. The minimum atomic E-state index is -3.84. The quantitative estimate of drug-likeness (QED) is 0.873. The maximum Gasteiger partial charge on any atom is 0.245 e. The van der Waals surface area contributed by atoms with Crippen LogP contribution in [0.25, 0.3) is 0 Å². The van der Waals surface area contributed by atoms with Crippen molar-refractivity contribution in [1.29, 1.82) is 0 Å². The van der Waals surface area contributed by atoms with Crippen molar-refractivity contribution in [2.24, 2.45) is 0 Å². The van der Waals surface area contributed by atoms with Gasteiger partial charge in [0.15, 0.2) is 0 Å². The molecule has 0 radical (unpaired) electrons. The summed E-state index contributed by atoms with van der Waals surface area (Å²) in [6.45, 7) is 1.31. The molecule has 0 saturated carbocycles. The second-order valence-corrected chi connectivity index (χ2v) is 7.46. The molecule has 0 amide bonds. The van der Waals surface area contributed by atoms with Gasteiger partial charge >= 0.3 is 0 Å². The molecule has 24 heavy (non-hydrogen) atoms. The van der Waals surface area contributed by atoms with Crippen LogP contribution in [0.3, 0.4) is 0 Å². The highest BCUT2D eigenvalue weighted by Gasteiger charge is 2.35. The fraction of sp³-hybridized carbons (Fsp3) is 0.267. The monoisotopic (exact) mass is 391 g/mol. The zero-order valence-electron chi connectivity index (χ0n) is 12.5. The summed E-state index contributed by atoms with van der Waals surface area (Å²) in [7, 11) is -3.84. The Balaban J connectivity index is 0.00000208. The normalized spacial score (nSPS) is 18.8. The smallest absolute Gasteiger partial charge is 0.245 e. The lowest BCUT2D eigenvalue weighted by Gasteiger charge is -2.35. The van der Waals surface area contributed by atoms with E-state index < -0.39 is 15.8 Å². The summed E-state index contributed by atoms with van der Waals surface area (Å²) in [5.74, 6) is -0.571. The lowest BCUT2D eigenvalue weighted by atomic mass is 10.1. The van der Waals surface area contributed by atoms with E-state index in [1.54, 1.807) is 18.5 Å².